The summed E-state index contributed by atoms with van der Waals surface area (Å²) in [4.78, 5) is 23.1. The molecule has 1 N–H and O–H groups in total. The van der Waals surface area contributed by atoms with E-state index < -0.39 is 20.9 Å². The summed E-state index contributed by atoms with van der Waals surface area (Å²) in [6.45, 7) is 2.78. The molecule has 0 radical (unpaired) electrons. The molecule has 1 aliphatic heterocycles. The van der Waals surface area contributed by atoms with Gasteiger partial charge in [-0.3, -0.25) is 14.9 Å². The summed E-state index contributed by atoms with van der Waals surface area (Å²) in [7, 11) is -3.76. The Kier molecular flexibility index (Phi) is 6.18. The van der Waals surface area contributed by atoms with Gasteiger partial charge in [0.25, 0.3) is 11.6 Å². The van der Waals surface area contributed by atoms with Crippen LogP contribution in [0.15, 0.2) is 41.3 Å². The first-order valence-electron chi connectivity index (χ1n) is 8.64. The maximum Gasteiger partial charge on any atom is 0.289 e. The second-order valence-electron chi connectivity index (χ2n) is 6.37. The first kappa shape index (κ1) is 21.2. The number of hydrogen-bond donors (Lipinski definition) is 1. The van der Waals surface area contributed by atoms with Gasteiger partial charge in [0.15, 0.2) is 0 Å². The number of amides is 1. The van der Waals surface area contributed by atoms with Crippen molar-refractivity contribution in [2.45, 2.75) is 11.8 Å². The minimum Gasteiger partial charge on any atom is -0.379 e. The number of carbonyl (C=O) groups excluding carboxylic acids is 1. The number of anilines is 1. The molecular formula is C18H18ClN3O6S. The Morgan fingerprint density at radius 2 is 1.90 bits per heavy atom. The molecule has 0 bridgehead atoms. The van der Waals surface area contributed by atoms with E-state index in [1.54, 1.807) is 13.0 Å². The molecule has 0 aliphatic carbocycles. The van der Waals surface area contributed by atoms with Crippen molar-refractivity contribution in [1.29, 1.82) is 0 Å². The largest absolute Gasteiger partial charge is 0.379 e. The molecule has 2 aromatic carbocycles. The third kappa shape index (κ3) is 4.56. The van der Waals surface area contributed by atoms with E-state index >= 15 is 0 Å². The third-order valence-corrected chi connectivity index (χ3v) is 6.68. The Morgan fingerprint density at radius 1 is 1.21 bits per heavy atom. The van der Waals surface area contributed by atoms with Gasteiger partial charge in [0, 0.05) is 30.4 Å². The molecule has 1 amide bonds. The van der Waals surface area contributed by atoms with Crippen LogP contribution in [0.25, 0.3) is 0 Å². The summed E-state index contributed by atoms with van der Waals surface area (Å²) in [5.41, 5.74) is 0.542. The highest BCUT2D eigenvalue weighted by atomic mass is 35.5. The number of nitro groups is 1. The average molecular weight is 440 g/mol. The number of nitro benzene ring substituents is 1. The first-order valence-corrected chi connectivity index (χ1v) is 10.5. The van der Waals surface area contributed by atoms with Crippen molar-refractivity contribution >= 4 is 38.9 Å². The van der Waals surface area contributed by atoms with Gasteiger partial charge in [0.05, 0.1) is 23.0 Å². The normalized spacial score (nSPS) is 15.1. The summed E-state index contributed by atoms with van der Waals surface area (Å²) in [6, 6.07) is 8.18. The zero-order chi connectivity index (χ0) is 21.2. The Labute approximate surface area is 172 Å². The second kappa shape index (κ2) is 8.46. The lowest BCUT2D eigenvalue weighted by atomic mass is 10.1. The number of sulfonamides is 1. The number of morpholine rings is 1. The third-order valence-electron chi connectivity index (χ3n) is 4.46. The standard InChI is InChI=1S/C18H18ClN3O6S/c1-12-2-4-14(29(26,27)21-6-8-28-9-7-21)11-15(12)18(23)20-13-3-5-16(19)17(10-13)22(24)25/h2-5,10-11H,6-9H2,1H3,(H,20,23). The Bertz CT molecular complexity index is 1070. The molecule has 11 heteroatoms. The highest BCUT2D eigenvalue weighted by Gasteiger charge is 2.27. The van der Waals surface area contributed by atoms with Gasteiger partial charge in [0.2, 0.25) is 10.0 Å². The van der Waals surface area contributed by atoms with E-state index in [2.05, 4.69) is 5.32 Å². The van der Waals surface area contributed by atoms with E-state index in [0.717, 1.165) is 6.07 Å². The molecule has 0 aromatic heterocycles. The smallest absolute Gasteiger partial charge is 0.289 e. The molecular weight excluding hydrogens is 422 g/mol. The highest BCUT2D eigenvalue weighted by molar-refractivity contribution is 7.89. The Morgan fingerprint density at radius 3 is 2.55 bits per heavy atom. The van der Waals surface area contributed by atoms with Crippen LogP contribution in [0.2, 0.25) is 5.02 Å². The van der Waals surface area contributed by atoms with Crippen LogP contribution in [-0.4, -0.2) is 49.9 Å². The van der Waals surface area contributed by atoms with Gasteiger partial charge in [-0.25, -0.2) is 8.42 Å². The van der Waals surface area contributed by atoms with Crippen molar-refractivity contribution in [3.05, 3.63) is 62.7 Å². The molecule has 0 saturated carbocycles. The molecule has 0 atom stereocenters. The number of rotatable bonds is 5. The van der Waals surface area contributed by atoms with Crippen molar-refractivity contribution < 1.29 is 22.9 Å². The van der Waals surface area contributed by atoms with Crippen LogP contribution >= 0.6 is 11.6 Å². The number of nitrogens with zero attached hydrogens (tertiary/aromatic N) is 2. The molecule has 1 aliphatic rings. The molecule has 1 saturated heterocycles. The van der Waals surface area contributed by atoms with Crippen LogP contribution in [-0.2, 0) is 14.8 Å². The van der Waals surface area contributed by atoms with Gasteiger partial charge < -0.3 is 10.1 Å². The van der Waals surface area contributed by atoms with E-state index in [-0.39, 0.29) is 39.9 Å². The number of nitrogens with one attached hydrogen (secondary N) is 1. The molecule has 1 heterocycles. The van der Waals surface area contributed by atoms with Crippen LogP contribution < -0.4 is 5.32 Å². The molecule has 154 valence electrons. The fourth-order valence-corrected chi connectivity index (χ4v) is 4.49. The maximum absolute atomic E-state index is 12.8. The van der Waals surface area contributed by atoms with Crippen molar-refractivity contribution in [3.8, 4) is 0 Å². The number of ether oxygens (including phenoxy) is 1. The number of aryl methyl sites for hydroxylation is 1. The number of benzene rings is 2. The quantitative estimate of drug-likeness (QED) is 0.565. The molecule has 0 spiro atoms. The van der Waals surface area contributed by atoms with Gasteiger partial charge in [0.1, 0.15) is 5.02 Å². The second-order valence-corrected chi connectivity index (χ2v) is 8.72. The maximum atomic E-state index is 12.8. The lowest BCUT2D eigenvalue weighted by Gasteiger charge is -2.26. The SMILES string of the molecule is Cc1ccc(S(=O)(=O)N2CCOCC2)cc1C(=O)Nc1ccc(Cl)c([N+](=O)[O-])c1. The Balaban J connectivity index is 1.89. The zero-order valence-electron chi connectivity index (χ0n) is 15.4. The summed E-state index contributed by atoms with van der Waals surface area (Å²) >= 11 is 5.78. The minimum absolute atomic E-state index is 0.00256. The van der Waals surface area contributed by atoms with E-state index in [4.69, 9.17) is 16.3 Å². The molecule has 3 rings (SSSR count). The van der Waals surface area contributed by atoms with Crippen molar-refractivity contribution in [2.24, 2.45) is 0 Å². The molecule has 0 unspecified atom stereocenters. The van der Waals surface area contributed by atoms with Crippen LogP contribution in [0, 0.1) is 17.0 Å². The average Bonchev–Trinajstić information content (AvgIpc) is 2.70. The van der Waals surface area contributed by atoms with Gasteiger partial charge in [-0.05, 0) is 36.8 Å². The summed E-state index contributed by atoms with van der Waals surface area (Å²) < 4.78 is 32.2. The number of halogens is 1. The minimum atomic E-state index is -3.76. The van der Waals surface area contributed by atoms with E-state index in [0.29, 0.717) is 18.8 Å². The summed E-state index contributed by atoms with van der Waals surface area (Å²) in [6.07, 6.45) is 0. The van der Waals surface area contributed by atoms with E-state index in [9.17, 15) is 23.3 Å². The summed E-state index contributed by atoms with van der Waals surface area (Å²) in [5.74, 6) is -0.585. The fraction of sp³-hybridized carbons (Fsp3) is 0.278. The Hall–Kier alpha value is -2.53. The van der Waals surface area contributed by atoms with Crippen molar-refractivity contribution in [2.75, 3.05) is 31.6 Å². The monoisotopic (exact) mass is 439 g/mol. The molecule has 2 aromatic rings. The van der Waals surface area contributed by atoms with E-state index in [1.165, 1.54) is 28.6 Å². The van der Waals surface area contributed by atoms with Gasteiger partial charge in [-0.1, -0.05) is 17.7 Å². The fourth-order valence-electron chi connectivity index (χ4n) is 2.87. The van der Waals surface area contributed by atoms with Gasteiger partial charge in [-0.2, -0.15) is 4.31 Å². The van der Waals surface area contributed by atoms with Crippen LogP contribution in [0.3, 0.4) is 0 Å². The molecule has 9 nitrogen and oxygen atoms in total. The first-order chi connectivity index (χ1) is 13.7. The van der Waals surface area contributed by atoms with Crippen LogP contribution in [0.4, 0.5) is 11.4 Å². The lowest BCUT2D eigenvalue weighted by molar-refractivity contribution is -0.384. The van der Waals surface area contributed by atoms with Gasteiger partial charge >= 0.3 is 0 Å². The topological polar surface area (TPSA) is 119 Å². The van der Waals surface area contributed by atoms with Crippen molar-refractivity contribution in [3.63, 3.8) is 0 Å². The highest BCUT2D eigenvalue weighted by Crippen LogP contribution is 2.28. The predicted octanol–water partition coefficient (Wildman–Crippen LogP) is 2.83. The predicted molar refractivity (Wildman–Crippen MR) is 107 cm³/mol. The van der Waals surface area contributed by atoms with E-state index in [1.807, 2.05) is 0 Å². The zero-order valence-corrected chi connectivity index (χ0v) is 17.0. The van der Waals surface area contributed by atoms with Crippen LogP contribution in [0.1, 0.15) is 15.9 Å². The molecule has 29 heavy (non-hydrogen) atoms. The number of carbonyl (C=O) groups is 1. The van der Waals surface area contributed by atoms with Gasteiger partial charge in [-0.15, -0.1) is 0 Å². The summed E-state index contributed by atoms with van der Waals surface area (Å²) in [5, 5.41) is 13.5. The molecule has 1 fully saturated rings. The van der Waals surface area contributed by atoms with Crippen LogP contribution in [0.5, 0.6) is 0 Å². The number of hydrogen-bond acceptors (Lipinski definition) is 6. The van der Waals surface area contributed by atoms with Crippen molar-refractivity contribution in [1.82, 2.24) is 4.31 Å². The lowest BCUT2D eigenvalue weighted by Crippen LogP contribution is -2.40.